The third-order valence-corrected chi connectivity index (χ3v) is 5.49. The molecule has 0 aliphatic carbocycles. The Morgan fingerprint density at radius 3 is 1.45 bits per heavy atom. The van der Waals surface area contributed by atoms with Crippen molar-refractivity contribution in [1.82, 2.24) is 0 Å². The van der Waals surface area contributed by atoms with Gasteiger partial charge in [0.2, 0.25) is 0 Å². The molecule has 5 heteroatoms. The first-order chi connectivity index (χ1) is 3.71. The zero-order chi connectivity index (χ0) is 7.71. The van der Waals surface area contributed by atoms with Gasteiger partial charge in [-0.3, -0.25) is 0 Å². The molecular weight excluding hydrogens is 180 g/mol. The first-order valence-corrected chi connectivity index (χ1v) is 7.93. The molecule has 0 aromatic rings. The second kappa shape index (κ2) is 4.90. The Balaban J connectivity index is -0.000000320. The van der Waals surface area contributed by atoms with Crippen molar-refractivity contribution in [2.75, 3.05) is 5.38 Å². The van der Waals surface area contributed by atoms with Gasteiger partial charge >= 0.3 is 0 Å². The fraction of sp³-hybridized carbons (Fsp3) is 1.00. The van der Waals surface area contributed by atoms with Gasteiger partial charge in [0, 0.05) is 5.38 Å². The van der Waals surface area contributed by atoms with Gasteiger partial charge < -0.3 is 4.55 Å². The van der Waals surface area contributed by atoms with Gasteiger partial charge in [-0.25, -0.2) is 8.42 Å². The topological polar surface area (TPSA) is 57.2 Å². The summed E-state index contributed by atoms with van der Waals surface area (Å²) >= 11 is 0. The van der Waals surface area contributed by atoms with Crippen LogP contribution in [0.15, 0.2) is 0 Å². The monoisotopic (exact) mass is 199 g/mol. The van der Waals surface area contributed by atoms with E-state index in [4.69, 9.17) is 0 Å². The van der Waals surface area contributed by atoms with Crippen LogP contribution in [-0.4, -0.2) is 26.4 Å². The van der Waals surface area contributed by atoms with Crippen LogP contribution in [0.4, 0.5) is 0 Å². The van der Waals surface area contributed by atoms with Crippen LogP contribution in [0.2, 0.25) is 19.6 Å². The van der Waals surface area contributed by atoms with E-state index >= 15 is 0 Å². The fourth-order valence-corrected chi connectivity index (χ4v) is 4.77. The van der Waals surface area contributed by atoms with Crippen LogP contribution in [0.3, 0.4) is 0 Å². The van der Waals surface area contributed by atoms with E-state index in [1.165, 1.54) is 0 Å². The molecule has 3 nitrogen and oxygen atoms in total. The molecule has 0 heterocycles. The molecule has 0 aliphatic rings. The maximum atomic E-state index is 10.1. The zero-order valence-electron chi connectivity index (χ0n) is 5.84. The molecule has 72 valence electrons. The standard InChI is InChI=1S/C4H12O3SSi.2CH4/c1-9(2,3)4-8(5,6)7;;/h4H2,1-3H3,(H,5,6,7);2*1H4/p-1. The highest BCUT2D eigenvalue weighted by atomic mass is 32.2. The van der Waals surface area contributed by atoms with E-state index in [-0.39, 0.29) is 20.2 Å². The third kappa shape index (κ3) is 17.8. The van der Waals surface area contributed by atoms with Gasteiger partial charge in [-0.05, 0) is 0 Å². The normalized spacial score (nSPS) is 11.3. The molecule has 11 heavy (non-hydrogen) atoms. The van der Waals surface area contributed by atoms with Crippen molar-refractivity contribution in [3.05, 3.63) is 0 Å². The second-order valence-corrected chi connectivity index (χ2v) is 10.7. The molecule has 0 N–H and O–H groups in total. The van der Waals surface area contributed by atoms with Gasteiger partial charge in [-0.15, -0.1) is 0 Å². The van der Waals surface area contributed by atoms with E-state index in [1.807, 2.05) is 19.6 Å². The van der Waals surface area contributed by atoms with Crippen LogP contribution in [0.25, 0.3) is 0 Å². The lowest BCUT2D eigenvalue weighted by molar-refractivity contribution is 0.467. The minimum Gasteiger partial charge on any atom is -0.748 e. The molecular formula is C6H19O3SSi-. The highest BCUT2D eigenvalue weighted by Gasteiger charge is 2.16. The number of hydrogen-bond acceptors (Lipinski definition) is 3. The number of rotatable bonds is 2. The van der Waals surface area contributed by atoms with E-state index in [9.17, 15) is 13.0 Å². The quantitative estimate of drug-likeness (QED) is 0.502. The molecule has 0 aromatic heterocycles. The fourth-order valence-electron chi connectivity index (χ4n) is 0.530. The van der Waals surface area contributed by atoms with Crippen LogP contribution < -0.4 is 0 Å². The largest absolute Gasteiger partial charge is 0.748 e. The summed E-state index contributed by atoms with van der Waals surface area (Å²) < 4.78 is 30.4. The lowest BCUT2D eigenvalue weighted by Gasteiger charge is -2.17. The van der Waals surface area contributed by atoms with E-state index in [2.05, 4.69) is 0 Å². The maximum Gasteiger partial charge on any atom is 0.0920 e. The smallest absolute Gasteiger partial charge is 0.0920 e. The van der Waals surface area contributed by atoms with Gasteiger partial charge in [0.25, 0.3) is 0 Å². The van der Waals surface area contributed by atoms with Crippen molar-refractivity contribution in [2.24, 2.45) is 0 Å². The lowest BCUT2D eigenvalue weighted by Crippen LogP contribution is -2.31. The number of hydrogen-bond donors (Lipinski definition) is 0. The minimum atomic E-state index is -3.97. The molecule has 0 fully saturated rings. The summed E-state index contributed by atoms with van der Waals surface area (Å²) in [5, 5.41) is -0.153. The molecule has 0 rings (SSSR count). The molecule has 0 atom stereocenters. The van der Waals surface area contributed by atoms with E-state index in [0.29, 0.717) is 0 Å². The van der Waals surface area contributed by atoms with Crippen molar-refractivity contribution in [3.63, 3.8) is 0 Å². The Hall–Kier alpha value is 0.127. The average Bonchev–Trinajstić information content (AvgIpc) is 1.14. The van der Waals surface area contributed by atoms with Gasteiger partial charge in [0.15, 0.2) is 0 Å². The van der Waals surface area contributed by atoms with E-state index in [1.54, 1.807) is 0 Å². The minimum absolute atomic E-state index is 0. The van der Waals surface area contributed by atoms with Crippen molar-refractivity contribution in [1.29, 1.82) is 0 Å². The van der Waals surface area contributed by atoms with Gasteiger partial charge in [0.05, 0.1) is 18.2 Å². The summed E-state index contributed by atoms with van der Waals surface area (Å²) in [5.41, 5.74) is 0. The van der Waals surface area contributed by atoms with Crippen molar-refractivity contribution in [3.8, 4) is 0 Å². The van der Waals surface area contributed by atoms with Crippen LogP contribution in [-0.2, 0) is 10.1 Å². The molecule has 0 radical (unpaired) electrons. The van der Waals surface area contributed by atoms with Crippen molar-refractivity contribution < 1.29 is 13.0 Å². The highest BCUT2D eigenvalue weighted by Crippen LogP contribution is 2.02. The summed E-state index contributed by atoms with van der Waals surface area (Å²) in [5.74, 6) is 0. The van der Waals surface area contributed by atoms with Crippen molar-refractivity contribution >= 4 is 18.2 Å². The highest BCUT2D eigenvalue weighted by molar-refractivity contribution is 7.87. The van der Waals surface area contributed by atoms with E-state index < -0.39 is 18.2 Å². The van der Waals surface area contributed by atoms with Crippen LogP contribution >= 0.6 is 0 Å². The molecule has 0 amide bonds. The van der Waals surface area contributed by atoms with Crippen LogP contribution in [0.1, 0.15) is 14.9 Å². The maximum absolute atomic E-state index is 10.1. The van der Waals surface area contributed by atoms with E-state index in [0.717, 1.165) is 0 Å². The van der Waals surface area contributed by atoms with Crippen LogP contribution in [0.5, 0.6) is 0 Å². The third-order valence-electron chi connectivity index (χ3n) is 0.610. The van der Waals surface area contributed by atoms with Crippen LogP contribution in [0, 0.1) is 0 Å². The Kier molecular flexibility index (Phi) is 7.69. The summed E-state index contributed by atoms with van der Waals surface area (Å²) in [6.07, 6.45) is 0. The molecule has 0 saturated heterocycles. The molecule has 0 aliphatic heterocycles. The molecule has 0 aromatic carbocycles. The van der Waals surface area contributed by atoms with Crippen molar-refractivity contribution in [2.45, 2.75) is 34.5 Å². The summed E-state index contributed by atoms with van der Waals surface area (Å²) in [6.45, 7) is 5.55. The first kappa shape index (κ1) is 17.3. The molecule has 0 unspecified atom stereocenters. The Morgan fingerprint density at radius 1 is 1.18 bits per heavy atom. The summed E-state index contributed by atoms with van der Waals surface area (Å²) in [4.78, 5) is 0. The van der Waals surface area contributed by atoms with Gasteiger partial charge in [-0.1, -0.05) is 34.5 Å². The Bertz CT molecular complexity index is 178. The molecule has 0 bridgehead atoms. The molecule has 0 saturated carbocycles. The predicted octanol–water partition coefficient (Wildman–Crippen LogP) is 1.68. The SMILES string of the molecule is C.C.C[Si](C)(C)CS(=O)(=O)[O-]. The average molecular weight is 199 g/mol. The second-order valence-electron chi connectivity index (χ2n) is 3.26. The zero-order valence-corrected chi connectivity index (χ0v) is 7.66. The summed E-state index contributed by atoms with van der Waals surface area (Å²) in [7, 11) is -5.66. The molecule has 0 spiro atoms. The Morgan fingerprint density at radius 2 is 1.45 bits per heavy atom. The predicted molar refractivity (Wildman–Crippen MR) is 51.4 cm³/mol. The van der Waals surface area contributed by atoms with Gasteiger partial charge in [-0.2, -0.15) is 0 Å². The first-order valence-electron chi connectivity index (χ1n) is 2.64. The summed E-state index contributed by atoms with van der Waals surface area (Å²) in [6, 6.07) is 0. The Labute approximate surface area is 71.6 Å². The lowest BCUT2D eigenvalue weighted by atomic mass is 11.8. The van der Waals surface area contributed by atoms with Gasteiger partial charge in [0.1, 0.15) is 0 Å².